The molecule has 0 amide bonds. The molecule has 0 bridgehead atoms. The number of aliphatic hydroxyl groups is 3. The van der Waals surface area contributed by atoms with Crippen molar-refractivity contribution in [3.63, 3.8) is 0 Å². The van der Waals surface area contributed by atoms with Crippen LogP contribution in [0.15, 0.2) is 48.6 Å². The molecule has 1 spiro atoms. The van der Waals surface area contributed by atoms with E-state index in [1.807, 2.05) is 0 Å². The van der Waals surface area contributed by atoms with Gasteiger partial charge in [0.2, 0.25) is 11.6 Å². The van der Waals surface area contributed by atoms with Crippen LogP contribution in [0.25, 0.3) is 0 Å². The second kappa shape index (κ2) is 7.20. The molecule has 7 rings (SSSR count). The summed E-state index contributed by atoms with van der Waals surface area (Å²) in [6, 6.07) is 8.17. The van der Waals surface area contributed by atoms with Gasteiger partial charge in [0.05, 0.1) is 28.2 Å². The number of carbonyl (C=O) groups is 3. The Morgan fingerprint density at radius 1 is 0.821 bits per heavy atom. The van der Waals surface area contributed by atoms with Gasteiger partial charge in [-0.2, -0.15) is 0 Å². The van der Waals surface area contributed by atoms with Gasteiger partial charge in [0.25, 0.3) is 0 Å². The molecule has 9 heteroatoms. The summed E-state index contributed by atoms with van der Waals surface area (Å²) in [5.74, 6) is -4.81. The first-order chi connectivity index (χ1) is 18.4. The smallest absolute Gasteiger partial charge is 0.202 e. The maximum absolute atomic E-state index is 13.9. The van der Waals surface area contributed by atoms with Crippen molar-refractivity contribution >= 4 is 17.3 Å². The highest BCUT2D eigenvalue weighted by Crippen LogP contribution is 2.67. The molecule has 0 heterocycles. The van der Waals surface area contributed by atoms with Crippen LogP contribution < -0.4 is 0 Å². The predicted molar refractivity (Wildman–Crippen MR) is 134 cm³/mol. The van der Waals surface area contributed by atoms with Crippen molar-refractivity contribution < 1.29 is 45.0 Å². The van der Waals surface area contributed by atoms with Crippen LogP contribution in [0.2, 0.25) is 0 Å². The SMILES string of the molecule is Cc1cc(O)c2c(c1)[C@H](O)[C@]13Cc4cc(O)c5c(c4[C@H]1C=C[C@@H](O)[C@@]3(O)C2=O)C(=O)c1cccc(O)c1C5=O. The molecule has 196 valence electrons. The van der Waals surface area contributed by atoms with Gasteiger partial charge in [0.1, 0.15) is 23.4 Å². The van der Waals surface area contributed by atoms with E-state index in [0.717, 1.165) is 0 Å². The fraction of sp³-hybridized carbons (Fsp3) is 0.233. The summed E-state index contributed by atoms with van der Waals surface area (Å²) >= 11 is 0. The Kier molecular flexibility index (Phi) is 4.39. The van der Waals surface area contributed by atoms with Gasteiger partial charge in [0.15, 0.2) is 11.4 Å². The Balaban J connectivity index is 1.55. The van der Waals surface area contributed by atoms with E-state index >= 15 is 0 Å². The van der Waals surface area contributed by atoms with Crippen LogP contribution in [0.3, 0.4) is 0 Å². The largest absolute Gasteiger partial charge is 0.507 e. The number of hydrogen-bond acceptors (Lipinski definition) is 9. The summed E-state index contributed by atoms with van der Waals surface area (Å²) in [5.41, 5.74) is -4.36. The van der Waals surface area contributed by atoms with Crippen LogP contribution in [-0.2, 0) is 6.42 Å². The molecular formula is C30H22O9. The molecule has 4 aliphatic rings. The van der Waals surface area contributed by atoms with Gasteiger partial charge >= 0.3 is 0 Å². The topological polar surface area (TPSA) is 173 Å². The van der Waals surface area contributed by atoms with Crippen LogP contribution in [0.5, 0.6) is 17.2 Å². The van der Waals surface area contributed by atoms with Gasteiger partial charge in [-0.1, -0.05) is 30.4 Å². The lowest BCUT2D eigenvalue weighted by atomic mass is 9.50. The quantitative estimate of drug-likeness (QED) is 0.188. The number of benzene rings is 3. The molecular weight excluding hydrogens is 504 g/mol. The van der Waals surface area contributed by atoms with E-state index in [1.54, 1.807) is 6.92 Å². The van der Waals surface area contributed by atoms with Gasteiger partial charge in [-0.15, -0.1) is 0 Å². The van der Waals surface area contributed by atoms with Gasteiger partial charge in [0, 0.05) is 17.0 Å². The van der Waals surface area contributed by atoms with E-state index in [9.17, 15) is 45.0 Å². The molecule has 3 aromatic carbocycles. The molecule has 0 saturated carbocycles. The van der Waals surface area contributed by atoms with Crippen LogP contribution in [0, 0.1) is 12.3 Å². The average molecular weight is 526 g/mol. The fourth-order valence-corrected chi connectivity index (χ4v) is 7.43. The Morgan fingerprint density at radius 2 is 1.54 bits per heavy atom. The van der Waals surface area contributed by atoms with Gasteiger partial charge in [-0.3, -0.25) is 14.4 Å². The molecule has 0 aromatic heterocycles. The lowest BCUT2D eigenvalue weighted by Gasteiger charge is -2.56. The highest BCUT2D eigenvalue weighted by Gasteiger charge is 2.72. The Labute approximate surface area is 220 Å². The van der Waals surface area contributed by atoms with Crippen molar-refractivity contribution in [3.05, 3.63) is 98.6 Å². The maximum atomic E-state index is 13.9. The molecule has 39 heavy (non-hydrogen) atoms. The standard InChI is InChI=1S/C30H22O9/c1-11-7-14-22(17(32)8-11)28(38)30(39)19(34)6-5-15-20-12(10-29(15,30)27(14)37)9-18(33)23-24(20)25(35)13-3-2-4-16(31)21(13)26(23)36/h2-9,15,19,27,31-34,37,39H,10H2,1H3/t15-,19-,27+,29+,30-/m1/s1. The summed E-state index contributed by atoms with van der Waals surface area (Å²) < 4.78 is 0. The number of Topliss-reactive ketones (excluding diaryl/α,β-unsaturated/α-hetero) is 1. The zero-order valence-corrected chi connectivity index (χ0v) is 20.5. The second-order valence-electron chi connectivity index (χ2n) is 10.8. The summed E-state index contributed by atoms with van der Waals surface area (Å²) in [6.07, 6.45) is -0.899. The second-order valence-corrected chi connectivity index (χ2v) is 10.8. The van der Waals surface area contributed by atoms with Gasteiger partial charge < -0.3 is 30.6 Å². The van der Waals surface area contributed by atoms with Crippen molar-refractivity contribution in [2.75, 3.05) is 0 Å². The molecule has 0 saturated heterocycles. The minimum absolute atomic E-state index is 0.0671. The van der Waals surface area contributed by atoms with E-state index < -0.39 is 63.7 Å². The number of rotatable bonds is 0. The predicted octanol–water partition coefficient (Wildman–Crippen LogP) is 2.11. The van der Waals surface area contributed by atoms with Crippen LogP contribution in [-0.4, -0.2) is 59.7 Å². The van der Waals surface area contributed by atoms with Gasteiger partial charge in [-0.25, -0.2) is 0 Å². The fourth-order valence-electron chi connectivity index (χ4n) is 7.43. The van der Waals surface area contributed by atoms with Crippen LogP contribution in [0.4, 0.5) is 0 Å². The van der Waals surface area contributed by atoms with Crippen molar-refractivity contribution in [2.45, 2.75) is 37.1 Å². The molecule has 0 fully saturated rings. The van der Waals surface area contributed by atoms with Crippen LogP contribution in [0.1, 0.15) is 76.5 Å². The molecule has 9 nitrogen and oxygen atoms in total. The lowest BCUT2D eigenvalue weighted by Crippen LogP contribution is -2.68. The average Bonchev–Trinajstić information content (AvgIpc) is 3.22. The van der Waals surface area contributed by atoms with Crippen molar-refractivity contribution in [1.82, 2.24) is 0 Å². The Hall–Kier alpha value is -4.31. The molecule has 0 aliphatic heterocycles. The maximum Gasteiger partial charge on any atom is 0.202 e. The molecule has 0 unspecified atom stereocenters. The number of hydrogen-bond donors (Lipinski definition) is 6. The monoisotopic (exact) mass is 526 g/mol. The molecule has 6 N–H and O–H groups in total. The number of allylic oxidation sites excluding steroid dienone is 1. The Bertz CT molecular complexity index is 1750. The lowest BCUT2D eigenvalue weighted by molar-refractivity contribution is -0.171. The van der Waals surface area contributed by atoms with E-state index in [4.69, 9.17) is 0 Å². The van der Waals surface area contributed by atoms with E-state index in [2.05, 4.69) is 0 Å². The minimum Gasteiger partial charge on any atom is -0.507 e. The zero-order valence-electron chi connectivity index (χ0n) is 20.5. The summed E-state index contributed by atoms with van der Waals surface area (Å²) in [4.78, 5) is 41.3. The third kappa shape index (κ3) is 2.48. The van der Waals surface area contributed by atoms with E-state index in [1.165, 1.54) is 48.6 Å². The highest BCUT2D eigenvalue weighted by molar-refractivity contribution is 6.31. The van der Waals surface area contributed by atoms with E-state index in [0.29, 0.717) is 11.1 Å². The first kappa shape index (κ1) is 23.8. The normalized spacial score (nSPS) is 29.7. The molecule has 3 aromatic rings. The highest BCUT2D eigenvalue weighted by atomic mass is 16.4. The molecule has 0 radical (unpaired) electrons. The van der Waals surface area contributed by atoms with Crippen molar-refractivity contribution in [1.29, 1.82) is 0 Å². The number of aryl methyl sites for hydroxylation is 1. The number of phenolic OH excluding ortho intramolecular Hbond substituents is 3. The summed E-state index contributed by atoms with van der Waals surface area (Å²) in [6.45, 7) is 1.66. The third-order valence-corrected chi connectivity index (χ3v) is 9.02. The number of phenols is 3. The van der Waals surface area contributed by atoms with Crippen LogP contribution >= 0.6 is 0 Å². The number of ketones is 3. The summed E-state index contributed by atoms with van der Waals surface area (Å²) in [7, 11) is 0. The van der Waals surface area contributed by atoms with E-state index in [-0.39, 0.29) is 45.4 Å². The number of carbonyl (C=O) groups excluding carboxylic acids is 3. The Morgan fingerprint density at radius 3 is 2.28 bits per heavy atom. The van der Waals surface area contributed by atoms with Gasteiger partial charge in [-0.05, 0) is 53.8 Å². The number of fused-ring (bicyclic) bond motifs is 6. The first-order valence-corrected chi connectivity index (χ1v) is 12.4. The summed E-state index contributed by atoms with van der Waals surface area (Å²) in [5, 5.41) is 67.0. The number of aromatic hydroxyl groups is 3. The van der Waals surface area contributed by atoms with Crippen molar-refractivity contribution in [2.24, 2.45) is 5.41 Å². The van der Waals surface area contributed by atoms with Crippen molar-refractivity contribution in [3.8, 4) is 17.2 Å². The minimum atomic E-state index is -2.62. The molecule has 5 atom stereocenters. The third-order valence-electron chi connectivity index (χ3n) is 9.02. The molecule has 4 aliphatic carbocycles. The first-order valence-electron chi connectivity index (χ1n) is 12.4. The zero-order chi connectivity index (χ0) is 27.8. The number of aliphatic hydroxyl groups excluding tert-OH is 2.